The quantitative estimate of drug-likeness (QED) is 0.783. The van der Waals surface area contributed by atoms with Crippen LogP contribution in [0.25, 0.3) is 11.1 Å². The molecule has 0 amide bonds. The number of hydrogen-bond donors (Lipinski definition) is 0. The molecule has 0 radical (unpaired) electrons. The summed E-state index contributed by atoms with van der Waals surface area (Å²) in [5.74, 6) is 1.00. The van der Waals surface area contributed by atoms with Crippen LogP contribution in [0.4, 0.5) is 0 Å². The van der Waals surface area contributed by atoms with Crippen LogP contribution in [-0.4, -0.2) is 23.7 Å². The highest BCUT2D eigenvalue weighted by Crippen LogP contribution is 2.22. The minimum absolute atomic E-state index is 0.931. The number of rotatable bonds is 4. The van der Waals surface area contributed by atoms with Gasteiger partial charge < -0.3 is 4.31 Å². The molecule has 0 bridgehead atoms. The first-order valence-electron chi connectivity index (χ1n) is 6.46. The summed E-state index contributed by atoms with van der Waals surface area (Å²) in [4.78, 5) is 4.21. The Hall–Kier alpha value is -1.74. The lowest BCUT2D eigenvalue weighted by Crippen LogP contribution is -2.10. The molecule has 0 fully saturated rings. The van der Waals surface area contributed by atoms with Crippen molar-refractivity contribution in [3.8, 4) is 11.1 Å². The fourth-order valence-electron chi connectivity index (χ4n) is 2.04. The fourth-order valence-corrected chi connectivity index (χ4v) is 2.89. The smallest absolute Gasteiger partial charge is 0.0950 e. The van der Waals surface area contributed by atoms with E-state index >= 15 is 0 Å². The third-order valence-corrected chi connectivity index (χ3v) is 4.19. The van der Waals surface area contributed by atoms with Gasteiger partial charge in [-0.15, -0.1) is 0 Å². The van der Waals surface area contributed by atoms with Gasteiger partial charge in [-0.05, 0) is 28.6 Å². The van der Waals surface area contributed by atoms with Gasteiger partial charge in [-0.3, -0.25) is 4.99 Å². The highest BCUT2D eigenvalue weighted by atomic mass is 32.2. The zero-order valence-electron chi connectivity index (χ0n) is 10.7. The SMILES string of the molecule is C1=NCCN1SCc1ccc(-c2ccccc2)cc1. The second-order valence-electron chi connectivity index (χ2n) is 4.50. The van der Waals surface area contributed by atoms with E-state index in [0.717, 1.165) is 18.8 Å². The first kappa shape index (κ1) is 12.3. The zero-order valence-corrected chi connectivity index (χ0v) is 11.5. The van der Waals surface area contributed by atoms with E-state index in [1.165, 1.54) is 16.7 Å². The van der Waals surface area contributed by atoms with Crippen LogP contribution in [0.15, 0.2) is 59.6 Å². The van der Waals surface area contributed by atoms with Gasteiger partial charge in [0.25, 0.3) is 0 Å². The van der Waals surface area contributed by atoms with Crippen LogP contribution >= 0.6 is 11.9 Å². The Morgan fingerprint density at radius 1 is 0.947 bits per heavy atom. The van der Waals surface area contributed by atoms with E-state index < -0.39 is 0 Å². The second kappa shape index (κ2) is 5.93. The van der Waals surface area contributed by atoms with Crippen molar-refractivity contribution in [1.82, 2.24) is 4.31 Å². The van der Waals surface area contributed by atoms with Gasteiger partial charge in [0, 0.05) is 5.75 Å². The number of aliphatic imine (C=N–C) groups is 1. The molecule has 1 aliphatic rings. The number of hydrogen-bond acceptors (Lipinski definition) is 3. The highest BCUT2D eigenvalue weighted by Gasteiger charge is 2.06. The maximum atomic E-state index is 4.21. The molecule has 0 aliphatic carbocycles. The van der Waals surface area contributed by atoms with Crippen molar-refractivity contribution < 1.29 is 0 Å². The lowest BCUT2D eigenvalue weighted by Gasteiger charge is -2.12. The lowest BCUT2D eigenvalue weighted by molar-refractivity contribution is 0.747. The molecule has 1 aliphatic heterocycles. The second-order valence-corrected chi connectivity index (χ2v) is 5.51. The van der Waals surface area contributed by atoms with Crippen LogP contribution in [0, 0.1) is 0 Å². The van der Waals surface area contributed by atoms with Gasteiger partial charge in [0.1, 0.15) is 0 Å². The number of nitrogens with zero attached hydrogens (tertiary/aromatic N) is 2. The minimum Gasteiger partial charge on any atom is -0.305 e. The topological polar surface area (TPSA) is 15.6 Å². The summed E-state index contributed by atoms with van der Waals surface area (Å²) < 4.78 is 2.20. The lowest BCUT2D eigenvalue weighted by atomic mass is 10.0. The van der Waals surface area contributed by atoms with E-state index in [1.54, 1.807) is 0 Å². The molecule has 2 aromatic rings. The number of benzene rings is 2. The predicted molar refractivity (Wildman–Crippen MR) is 83.2 cm³/mol. The van der Waals surface area contributed by atoms with Crippen molar-refractivity contribution in [2.24, 2.45) is 4.99 Å². The van der Waals surface area contributed by atoms with Crippen LogP contribution in [0.5, 0.6) is 0 Å². The van der Waals surface area contributed by atoms with Crippen LogP contribution < -0.4 is 0 Å². The average Bonchev–Trinajstić information content (AvgIpc) is 3.00. The van der Waals surface area contributed by atoms with Crippen molar-refractivity contribution in [2.45, 2.75) is 5.75 Å². The first-order valence-corrected chi connectivity index (χ1v) is 7.40. The monoisotopic (exact) mass is 268 g/mol. The maximum absolute atomic E-state index is 4.21. The molecular weight excluding hydrogens is 252 g/mol. The van der Waals surface area contributed by atoms with Gasteiger partial charge in [0.2, 0.25) is 0 Å². The molecule has 3 rings (SSSR count). The van der Waals surface area contributed by atoms with Crippen molar-refractivity contribution in [3.63, 3.8) is 0 Å². The van der Waals surface area contributed by atoms with Crippen molar-refractivity contribution >= 4 is 18.3 Å². The molecule has 19 heavy (non-hydrogen) atoms. The van der Waals surface area contributed by atoms with Gasteiger partial charge in [-0.25, -0.2) is 0 Å². The Morgan fingerprint density at radius 3 is 2.37 bits per heavy atom. The standard InChI is InChI=1S/C16H16N2S/c1-2-4-15(5-3-1)16-8-6-14(7-9-16)12-19-18-11-10-17-13-18/h1-9,13H,10-12H2. The highest BCUT2D eigenvalue weighted by molar-refractivity contribution is 7.96. The average molecular weight is 268 g/mol. The minimum atomic E-state index is 0.931. The Balaban J connectivity index is 1.64. The van der Waals surface area contributed by atoms with Gasteiger partial charge in [0.05, 0.1) is 19.4 Å². The van der Waals surface area contributed by atoms with Crippen LogP contribution in [0.2, 0.25) is 0 Å². The van der Waals surface area contributed by atoms with Crippen molar-refractivity contribution in [3.05, 3.63) is 60.2 Å². The molecular formula is C16H16N2S. The van der Waals surface area contributed by atoms with E-state index in [4.69, 9.17) is 0 Å². The Bertz CT molecular complexity index is 549. The normalized spacial score (nSPS) is 14.0. The Morgan fingerprint density at radius 2 is 1.68 bits per heavy atom. The van der Waals surface area contributed by atoms with E-state index in [1.807, 2.05) is 24.4 Å². The Kier molecular flexibility index (Phi) is 3.84. The summed E-state index contributed by atoms with van der Waals surface area (Å²) in [5.41, 5.74) is 3.90. The molecule has 2 aromatic carbocycles. The predicted octanol–water partition coefficient (Wildman–Crippen LogP) is 3.85. The molecule has 0 N–H and O–H groups in total. The maximum Gasteiger partial charge on any atom is 0.0950 e. The first-order chi connectivity index (χ1) is 9.42. The van der Waals surface area contributed by atoms with Gasteiger partial charge in [-0.1, -0.05) is 54.6 Å². The van der Waals surface area contributed by atoms with E-state index in [2.05, 4.69) is 57.8 Å². The molecule has 96 valence electrons. The van der Waals surface area contributed by atoms with Crippen molar-refractivity contribution in [1.29, 1.82) is 0 Å². The van der Waals surface area contributed by atoms with Crippen LogP contribution in [0.3, 0.4) is 0 Å². The summed E-state index contributed by atoms with van der Waals surface area (Å²) in [6.45, 7) is 1.96. The largest absolute Gasteiger partial charge is 0.305 e. The van der Waals surface area contributed by atoms with Crippen LogP contribution in [-0.2, 0) is 5.75 Å². The van der Waals surface area contributed by atoms with Gasteiger partial charge in [0.15, 0.2) is 0 Å². The molecule has 3 heteroatoms. The van der Waals surface area contributed by atoms with Crippen LogP contribution in [0.1, 0.15) is 5.56 Å². The molecule has 0 unspecified atom stereocenters. The molecule has 0 aromatic heterocycles. The Labute approximate surface area is 118 Å². The van der Waals surface area contributed by atoms with E-state index in [9.17, 15) is 0 Å². The van der Waals surface area contributed by atoms with E-state index in [0.29, 0.717) is 0 Å². The van der Waals surface area contributed by atoms with E-state index in [-0.39, 0.29) is 0 Å². The fraction of sp³-hybridized carbons (Fsp3) is 0.188. The molecule has 0 saturated carbocycles. The molecule has 1 heterocycles. The molecule has 0 saturated heterocycles. The summed E-state index contributed by atoms with van der Waals surface area (Å²) in [7, 11) is 0. The third kappa shape index (κ3) is 3.18. The summed E-state index contributed by atoms with van der Waals surface area (Å²) in [6, 6.07) is 19.3. The zero-order chi connectivity index (χ0) is 12.9. The third-order valence-electron chi connectivity index (χ3n) is 3.12. The molecule has 2 nitrogen and oxygen atoms in total. The summed E-state index contributed by atoms with van der Waals surface area (Å²) in [6.07, 6.45) is 1.93. The summed E-state index contributed by atoms with van der Waals surface area (Å²) in [5, 5.41) is 0. The summed E-state index contributed by atoms with van der Waals surface area (Å²) >= 11 is 1.82. The molecule has 0 spiro atoms. The molecule has 0 atom stereocenters. The van der Waals surface area contributed by atoms with Gasteiger partial charge >= 0.3 is 0 Å². The van der Waals surface area contributed by atoms with Crippen molar-refractivity contribution in [2.75, 3.05) is 13.1 Å². The van der Waals surface area contributed by atoms with Gasteiger partial charge in [-0.2, -0.15) is 0 Å².